The largest absolute Gasteiger partial charge is 0.482 e. The van der Waals surface area contributed by atoms with E-state index < -0.39 is 18.6 Å². The second-order valence-electron chi connectivity index (χ2n) is 4.09. The van der Waals surface area contributed by atoms with E-state index in [1.165, 1.54) is 0 Å². The lowest BCUT2D eigenvalue weighted by Gasteiger charge is -2.12. The SMILES string of the molecule is CSCC[C@H](N)C(=O)Nc1cccc(OCC(=O)O)c1. The Bertz CT molecular complexity index is 467. The van der Waals surface area contributed by atoms with Crippen LogP contribution in [-0.2, 0) is 9.59 Å². The summed E-state index contributed by atoms with van der Waals surface area (Å²) in [5.74, 6) is -0.132. The predicted octanol–water partition coefficient (Wildman–Crippen LogP) is 1.17. The third kappa shape index (κ3) is 5.94. The van der Waals surface area contributed by atoms with Crippen molar-refractivity contribution < 1.29 is 19.4 Å². The summed E-state index contributed by atoms with van der Waals surface area (Å²) in [6.07, 6.45) is 2.55. The van der Waals surface area contributed by atoms with Gasteiger partial charge in [-0.25, -0.2) is 4.79 Å². The molecule has 1 aromatic rings. The molecule has 0 radical (unpaired) electrons. The van der Waals surface area contributed by atoms with E-state index in [2.05, 4.69) is 5.32 Å². The Kier molecular flexibility index (Phi) is 6.89. The van der Waals surface area contributed by atoms with Crippen LogP contribution in [0.4, 0.5) is 5.69 Å². The van der Waals surface area contributed by atoms with Crippen molar-refractivity contribution in [3.63, 3.8) is 0 Å². The minimum Gasteiger partial charge on any atom is -0.482 e. The summed E-state index contributed by atoms with van der Waals surface area (Å²) in [7, 11) is 0. The van der Waals surface area contributed by atoms with Crippen molar-refractivity contribution in [1.29, 1.82) is 0 Å². The molecular formula is C13H18N2O4S. The second kappa shape index (κ2) is 8.44. The first-order chi connectivity index (χ1) is 9.52. The molecule has 0 aliphatic heterocycles. The van der Waals surface area contributed by atoms with Crippen LogP contribution in [0.1, 0.15) is 6.42 Å². The minimum atomic E-state index is -1.06. The molecule has 0 aliphatic rings. The molecule has 0 bridgehead atoms. The van der Waals surface area contributed by atoms with Crippen LogP contribution in [0.3, 0.4) is 0 Å². The van der Waals surface area contributed by atoms with Crippen molar-refractivity contribution in [3.05, 3.63) is 24.3 Å². The Morgan fingerprint density at radius 2 is 2.25 bits per heavy atom. The van der Waals surface area contributed by atoms with E-state index in [4.69, 9.17) is 15.6 Å². The van der Waals surface area contributed by atoms with E-state index in [0.29, 0.717) is 17.9 Å². The van der Waals surface area contributed by atoms with Crippen LogP contribution in [0.5, 0.6) is 5.75 Å². The predicted molar refractivity (Wildman–Crippen MR) is 79.2 cm³/mol. The van der Waals surface area contributed by atoms with E-state index in [1.807, 2.05) is 6.26 Å². The van der Waals surface area contributed by atoms with Gasteiger partial charge in [0.2, 0.25) is 5.91 Å². The molecule has 0 heterocycles. The van der Waals surface area contributed by atoms with Gasteiger partial charge in [0, 0.05) is 11.8 Å². The molecule has 0 saturated heterocycles. The van der Waals surface area contributed by atoms with Gasteiger partial charge in [0.15, 0.2) is 6.61 Å². The normalized spacial score (nSPS) is 11.7. The maximum absolute atomic E-state index is 11.8. The van der Waals surface area contributed by atoms with Crippen LogP contribution in [0.25, 0.3) is 0 Å². The Balaban J connectivity index is 2.56. The number of carboxylic acids is 1. The second-order valence-corrected chi connectivity index (χ2v) is 5.07. The number of nitrogens with one attached hydrogen (secondary N) is 1. The number of aliphatic carboxylic acids is 1. The number of thioether (sulfide) groups is 1. The molecular weight excluding hydrogens is 280 g/mol. The topological polar surface area (TPSA) is 102 Å². The summed E-state index contributed by atoms with van der Waals surface area (Å²) in [6, 6.07) is 5.97. The summed E-state index contributed by atoms with van der Waals surface area (Å²) in [6.45, 7) is -0.426. The summed E-state index contributed by atoms with van der Waals surface area (Å²) in [5.41, 5.74) is 6.28. The van der Waals surface area contributed by atoms with E-state index >= 15 is 0 Å². The standard InChI is InChI=1S/C13H18N2O4S/c1-20-6-5-11(14)13(18)15-9-3-2-4-10(7-9)19-8-12(16)17/h2-4,7,11H,5-6,8,14H2,1H3,(H,15,18)(H,16,17)/t11-/m0/s1. The Labute approximate surface area is 121 Å². The zero-order valence-electron chi connectivity index (χ0n) is 11.2. The molecule has 110 valence electrons. The summed E-state index contributed by atoms with van der Waals surface area (Å²) in [4.78, 5) is 22.2. The molecule has 0 fully saturated rings. The molecule has 0 spiro atoms. The van der Waals surface area contributed by atoms with Crippen molar-refractivity contribution in [3.8, 4) is 5.75 Å². The number of carbonyl (C=O) groups is 2. The molecule has 1 atom stereocenters. The molecule has 1 amide bonds. The van der Waals surface area contributed by atoms with Gasteiger partial charge >= 0.3 is 5.97 Å². The van der Waals surface area contributed by atoms with Crippen molar-refractivity contribution in [1.82, 2.24) is 0 Å². The smallest absolute Gasteiger partial charge is 0.341 e. The number of carboxylic acid groups (broad SMARTS) is 1. The minimum absolute atomic E-state index is 0.269. The molecule has 0 aliphatic carbocycles. The third-order valence-corrected chi connectivity index (χ3v) is 3.08. The number of carbonyl (C=O) groups excluding carboxylic acids is 1. The highest BCUT2D eigenvalue weighted by Crippen LogP contribution is 2.17. The number of hydrogen-bond donors (Lipinski definition) is 3. The quantitative estimate of drug-likeness (QED) is 0.666. The lowest BCUT2D eigenvalue weighted by atomic mass is 10.2. The van der Waals surface area contributed by atoms with Crippen molar-refractivity contribution in [2.45, 2.75) is 12.5 Å². The number of benzene rings is 1. The summed E-state index contributed by atoms with van der Waals surface area (Å²) >= 11 is 1.63. The lowest BCUT2D eigenvalue weighted by Crippen LogP contribution is -2.36. The average Bonchev–Trinajstić information content (AvgIpc) is 2.42. The van der Waals surface area contributed by atoms with Gasteiger partial charge in [0.1, 0.15) is 5.75 Å². The molecule has 1 rings (SSSR count). The molecule has 1 aromatic carbocycles. The number of ether oxygens (including phenoxy) is 1. The Morgan fingerprint density at radius 3 is 2.90 bits per heavy atom. The number of nitrogens with two attached hydrogens (primary N) is 1. The Morgan fingerprint density at radius 1 is 1.50 bits per heavy atom. The number of hydrogen-bond acceptors (Lipinski definition) is 5. The monoisotopic (exact) mass is 298 g/mol. The van der Waals surface area contributed by atoms with Gasteiger partial charge in [0.25, 0.3) is 0 Å². The first-order valence-electron chi connectivity index (χ1n) is 6.03. The number of rotatable bonds is 8. The van der Waals surface area contributed by atoms with Gasteiger partial charge < -0.3 is 20.9 Å². The summed E-state index contributed by atoms with van der Waals surface area (Å²) in [5, 5.41) is 11.2. The van der Waals surface area contributed by atoms with E-state index in [9.17, 15) is 9.59 Å². The zero-order valence-corrected chi connectivity index (χ0v) is 12.0. The number of amides is 1. The van der Waals surface area contributed by atoms with Gasteiger partial charge in [-0.2, -0.15) is 11.8 Å². The van der Waals surface area contributed by atoms with Crippen LogP contribution in [0.2, 0.25) is 0 Å². The highest BCUT2D eigenvalue weighted by Gasteiger charge is 2.13. The van der Waals surface area contributed by atoms with Gasteiger partial charge in [-0.15, -0.1) is 0 Å². The molecule has 7 heteroatoms. The first kappa shape index (κ1) is 16.3. The zero-order chi connectivity index (χ0) is 15.0. The van der Waals surface area contributed by atoms with E-state index in [-0.39, 0.29) is 5.91 Å². The fourth-order valence-electron chi connectivity index (χ4n) is 1.42. The highest BCUT2D eigenvalue weighted by molar-refractivity contribution is 7.98. The van der Waals surface area contributed by atoms with E-state index in [0.717, 1.165) is 5.75 Å². The fraction of sp³-hybridized carbons (Fsp3) is 0.385. The summed E-state index contributed by atoms with van der Waals surface area (Å²) < 4.78 is 5.03. The van der Waals surface area contributed by atoms with Crippen LogP contribution in [-0.4, -0.2) is 41.6 Å². The molecule has 6 nitrogen and oxygen atoms in total. The number of anilines is 1. The molecule has 0 aromatic heterocycles. The maximum Gasteiger partial charge on any atom is 0.341 e. The molecule has 20 heavy (non-hydrogen) atoms. The lowest BCUT2D eigenvalue weighted by molar-refractivity contribution is -0.139. The van der Waals surface area contributed by atoms with Crippen LogP contribution in [0, 0.1) is 0 Å². The molecule has 0 saturated carbocycles. The fourth-order valence-corrected chi connectivity index (χ4v) is 1.91. The van der Waals surface area contributed by atoms with Gasteiger partial charge in [0.05, 0.1) is 6.04 Å². The van der Waals surface area contributed by atoms with Crippen molar-refractivity contribution in [2.75, 3.05) is 23.9 Å². The average molecular weight is 298 g/mol. The Hall–Kier alpha value is -1.73. The van der Waals surface area contributed by atoms with Crippen LogP contribution < -0.4 is 15.8 Å². The molecule has 0 unspecified atom stereocenters. The van der Waals surface area contributed by atoms with Crippen LogP contribution >= 0.6 is 11.8 Å². The van der Waals surface area contributed by atoms with Gasteiger partial charge in [-0.05, 0) is 30.6 Å². The first-order valence-corrected chi connectivity index (χ1v) is 7.42. The van der Waals surface area contributed by atoms with Crippen molar-refractivity contribution >= 4 is 29.3 Å². The van der Waals surface area contributed by atoms with Gasteiger partial charge in [-0.1, -0.05) is 6.07 Å². The van der Waals surface area contributed by atoms with Gasteiger partial charge in [-0.3, -0.25) is 4.79 Å². The van der Waals surface area contributed by atoms with Crippen molar-refractivity contribution in [2.24, 2.45) is 5.73 Å². The molecule has 4 N–H and O–H groups in total. The maximum atomic E-state index is 11.8. The highest BCUT2D eigenvalue weighted by atomic mass is 32.2. The van der Waals surface area contributed by atoms with Crippen LogP contribution in [0.15, 0.2) is 24.3 Å². The van der Waals surface area contributed by atoms with E-state index in [1.54, 1.807) is 36.0 Å². The third-order valence-electron chi connectivity index (χ3n) is 2.43.